The van der Waals surface area contributed by atoms with E-state index in [2.05, 4.69) is 26.1 Å². The molecule has 1 amide bonds. The number of methoxy groups -OCH3 is 1. The summed E-state index contributed by atoms with van der Waals surface area (Å²) in [4.78, 5) is 14.6. The number of hydrogen-bond donors (Lipinski definition) is 1. The van der Waals surface area contributed by atoms with Crippen molar-refractivity contribution in [2.75, 3.05) is 14.2 Å². The molecule has 0 saturated carbocycles. The molecule has 1 saturated heterocycles. The van der Waals surface area contributed by atoms with E-state index in [9.17, 15) is 4.79 Å². The number of ether oxygens (including phenoxy) is 1. The summed E-state index contributed by atoms with van der Waals surface area (Å²) in [7, 11) is 3.50. The maximum absolute atomic E-state index is 12.7. The summed E-state index contributed by atoms with van der Waals surface area (Å²) >= 11 is 0. The van der Waals surface area contributed by atoms with Gasteiger partial charge in [0.25, 0.3) is 0 Å². The average molecular weight is 276 g/mol. The van der Waals surface area contributed by atoms with Crippen LogP contribution in [0, 0.1) is 5.92 Å². The molecule has 0 bridgehead atoms. The molecule has 1 fully saturated rings. The Morgan fingerprint density at radius 1 is 1.20 bits per heavy atom. The Morgan fingerprint density at radius 2 is 1.75 bits per heavy atom. The van der Waals surface area contributed by atoms with Gasteiger partial charge in [-0.25, -0.2) is 0 Å². The minimum atomic E-state index is -0.694. The van der Waals surface area contributed by atoms with Crippen LogP contribution in [-0.4, -0.2) is 30.6 Å². The average Bonchev–Trinajstić information content (AvgIpc) is 2.62. The largest absolute Gasteiger partial charge is 0.497 e. The van der Waals surface area contributed by atoms with Crippen molar-refractivity contribution < 1.29 is 9.53 Å². The predicted octanol–water partition coefficient (Wildman–Crippen LogP) is 2.34. The minimum Gasteiger partial charge on any atom is -0.497 e. The molecular weight excluding hydrogens is 252 g/mol. The van der Waals surface area contributed by atoms with Crippen molar-refractivity contribution in [2.24, 2.45) is 5.92 Å². The van der Waals surface area contributed by atoms with Gasteiger partial charge in [0.15, 0.2) is 0 Å². The highest BCUT2D eigenvalue weighted by molar-refractivity contribution is 5.90. The lowest BCUT2D eigenvalue weighted by atomic mass is 9.91. The Morgan fingerprint density at radius 3 is 2.15 bits per heavy atom. The first-order chi connectivity index (χ1) is 9.25. The molecule has 4 heteroatoms. The maximum atomic E-state index is 12.7. The molecule has 1 aromatic rings. The molecule has 1 aliphatic heterocycles. The van der Waals surface area contributed by atoms with Crippen LogP contribution in [0.3, 0.4) is 0 Å². The number of benzene rings is 1. The van der Waals surface area contributed by atoms with E-state index in [4.69, 9.17) is 4.74 Å². The third-order valence-electron chi connectivity index (χ3n) is 4.72. The molecule has 1 aliphatic rings. The molecule has 0 aliphatic carbocycles. The first-order valence-electron chi connectivity index (χ1n) is 6.98. The van der Waals surface area contributed by atoms with Crippen molar-refractivity contribution in [3.63, 3.8) is 0 Å². The highest BCUT2D eigenvalue weighted by atomic mass is 16.5. The van der Waals surface area contributed by atoms with Crippen LogP contribution in [0.4, 0.5) is 0 Å². The first-order valence-corrected chi connectivity index (χ1v) is 6.98. The Labute approximate surface area is 121 Å². The lowest BCUT2D eigenvalue weighted by Crippen LogP contribution is -2.53. The van der Waals surface area contributed by atoms with Crippen LogP contribution >= 0.6 is 0 Å². The molecule has 2 rings (SSSR count). The number of carbonyl (C=O) groups excluding carboxylic acids is 1. The van der Waals surface area contributed by atoms with Gasteiger partial charge in [-0.15, -0.1) is 0 Å². The maximum Gasteiger partial charge on any atom is 0.248 e. The molecule has 20 heavy (non-hydrogen) atoms. The molecule has 2 atom stereocenters. The number of nitrogens with zero attached hydrogens (tertiary/aromatic N) is 1. The van der Waals surface area contributed by atoms with E-state index < -0.39 is 5.54 Å². The van der Waals surface area contributed by atoms with Gasteiger partial charge >= 0.3 is 0 Å². The fourth-order valence-corrected chi connectivity index (χ4v) is 2.84. The predicted molar refractivity (Wildman–Crippen MR) is 79.5 cm³/mol. The summed E-state index contributed by atoms with van der Waals surface area (Å²) in [6.07, 6.45) is 0. The standard InChI is InChI=1S/C16H24N2O2/c1-11(2)16(4)17-15(3,14(19)18(16)5)12-7-9-13(20-6)10-8-12/h7-11,17H,1-6H3/t15-,16-/m1/s1. The van der Waals surface area contributed by atoms with E-state index in [-0.39, 0.29) is 11.6 Å². The third kappa shape index (κ3) is 1.99. The van der Waals surface area contributed by atoms with Crippen molar-refractivity contribution in [3.05, 3.63) is 29.8 Å². The second-order valence-electron chi connectivity index (χ2n) is 6.14. The van der Waals surface area contributed by atoms with E-state index in [1.54, 1.807) is 7.11 Å². The molecule has 0 radical (unpaired) electrons. The fourth-order valence-electron chi connectivity index (χ4n) is 2.84. The van der Waals surface area contributed by atoms with Gasteiger partial charge in [-0.05, 0) is 37.5 Å². The first kappa shape index (κ1) is 14.9. The van der Waals surface area contributed by atoms with Gasteiger partial charge in [0.2, 0.25) is 5.91 Å². The zero-order valence-corrected chi connectivity index (χ0v) is 13.2. The van der Waals surface area contributed by atoms with E-state index in [1.807, 2.05) is 43.1 Å². The number of nitrogens with one attached hydrogen (secondary N) is 1. The monoisotopic (exact) mass is 276 g/mol. The smallest absolute Gasteiger partial charge is 0.248 e. The van der Waals surface area contributed by atoms with E-state index in [1.165, 1.54) is 0 Å². The van der Waals surface area contributed by atoms with Gasteiger partial charge in [-0.1, -0.05) is 26.0 Å². The van der Waals surface area contributed by atoms with Crippen LogP contribution in [0.2, 0.25) is 0 Å². The normalized spacial score (nSPS) is 30.1. The van der Waals surface area contributed by atoms with Crippen LogP contribution in [-0.2, 0) is 10.3 Å². The van der Waals surface area contributed by atoms with Gasteiger partial charge in [-0.3, -0.25) is 10.1 Å². The number of amides is 1. The quantitative estimate of drug-likeness (QED) is 0.921. The number of rotatable bonds is 3. The van der Waals surface area contributed by atoms with E-state index in [0.717, 1.165) is 11.3 Å². The Bertz CT molecular complexity index is 512. The van der Waals surface area contributed by atoms with Gasteiger partial charge in [0.1, 0.15) is 11.3 Å². The van der Waals surface area contributed by atoms with Crippen LogP contribution < -0.4 is 10.1 Å². The Hall–Kier alpha value is -1.55. The Kier molecular flexibility index (Phi) is 3.54. The molecule has 110 valence electrons. The molecule has 1 heterocycles. The van der Waals surface area contributed by atoms with Crippen LogP contribution in [0.25, 0.3) is 0 Å². The highest BCUT2D eigenvalue weighted by Gasteiger charge is 2.54. The summed E-state index contributed by atoms with van der Waals surface area (Å²) in [6, 6.07) is 7.68. The fraction of sp³-hybridized carbons (Fsp3) is 0.562. The third-order valence-corrected chi connectivity index (χ3v) is 4.72. The summed E-state index contributed by atoms with van der Waals surface area (Å²) in [6.45, 7) is 8.26. The minimum absolute atomic E-state index is 0.0962. The summed E-state index contributed by atoms with van der Waals surface area (Å²) in [5.74, 6) is 1.21. The Balaban J connectivity index is 2.42. The van der Waals surface area contributed by atoms with Crippen molar-refractivity contribution in [1.82, 2.24) is 10.2 Å². The van der Waals surface area contributed by atoms with Gasteiger partial charge in [-0.2, -0.15) is 0 Å². The second-order valence-corrected chi connectivity index (χ2v) is 6.14. The van der Waals surface area contributed by atoms with Crippen LogP contribution in [0.5, 0.6) is 5.75 Å². The van der Waals surface area contributed by atoms with Gasteiger partial charge in [0, 0.05) is 7.05 Å². The molecular formula is C16H24N2O2. The van der Waals surface area contributed by atoms with Crippen molar-refractivity contribution in [2.45, 2.75) is 38.9 Å². The highest BCUT2D eigenvalue weighted by Crippen LogP contribution is 2.38. The van der Waals surface area contributed by atoms with E-state index in [0.29, 0.717) is 5.92 Å². The molecule has 1 aromatic carbocycles. The molecule has 0 spiro atoms. The lowest BCUT2D eigenvalue weighted by Gasteiger charge is -2.36. The SMILES string of the molecule is COc1ccc([C@@]2(C)N[C@@](C)(C(C)C)N(C)C2=O)cc1. The van der Waals surface area contributed by atoms with Crippen molar-refractivity contribution >= 4 is 5.91 Å². The van der Waals surface area contributed by atoms with Crippen molar-refractivity contribution in [1.29, 1.82) is 0 Å². The number of likely N-dealkylation sites (N-methyl/N-ethyl adjacent to an activating group) is 1. The molecule has 0 unspecified atom stereocenters. The second kappa shape index (κ2) is 4.77. The zero-order valence-electron chi connectivity index (χ0n) is 13.2. The van der Waals surface area contributed by atoms with Crippen LogP contribution in [0.15, 0.2) is 24.3 Å². The van der Waals surface area contributed by atoms with E-state index >= 15 is 0 Å². The van der Waals surface area contributed by atoms with Crippen molar-refractivity contribution in [3.8, 4) is 5.75 Å². The summed E-state index contributed by atoms with van der Waals surface area (Å²) in [5.41, 5.74) is -0.0780. The summed E-state index contributed by atoms with van der Waals surface area (Å²) < 4.78 is 5.18. The number of carbonyl (C=O) groups is 1. The molecule has 4 nitrogen and oxygen atoms in total. The molecule has 1 N–H and O–H groups in total. The summed E-state index contributed by atoms with van der Waals surface area (Å²) in [5, 5.41) is 3.53. The lowest BCUT2D eigenvalue weighted by molar-refractivity contribution is -0.133. The topological polar surface area (TPSA) is 41.6 Å². The number of hydrogen-bond acceptors (Lipinski definition) is 3. The van der Waals surface area contributed by atoms with Crippen LogP contribution in [0.1, 0.15) is 33.3 Å². The van der Waals surface area contributed by atoms with Gasteiger partial charge in [0.05, 0.1) is 12.8 Å². The zero-order chi connectivity index (χ0) is 15.1. The molecule has 0 aromatic heterocycles. The van der Waals surface area contributed by atoms with Gasteiger partial charge < -0.3 is 9.64 Å².